The van der Waals surface area contributed by atoms with Crippen LogP contribution in [0.15, 0.2) is 0 Å². The van der Waals surface area contributed by atoms with Crippen LogP contribution in [0, 0.1) is 13.8 Å². The molecule has 1 atom stereocenters. The highest BCUT2D eigenvalue weighted by molar-refractivity contribution is 5.80. The SMILES string of the molecule is CCn1nc(C)c(CN2CCN(C(=O)C(C)O)CC2)c1C. The van der Waals surface area contributed by atoms with E-state index in [0.717, 1.165) is 31.9 Å². The Bertz CT molecular complexity index is 502. The quantitative estimate of drug-likeness (QED) is 0.881. The lowest BCUT2D eigenvalue weighted by atomic mass is 10.1. The fourth-order valence-electron chi connectivity index (χ4n) is 2.88. The topological polar surface area (TPSA) is 61.6 Å². The van der Waals surface area contributed by atoms with Crippen LogP contribution in [0.25, 0.3) is 0 Å². The minimum atomic E-state index is -0.899. The van der Waals surface area contributed by atoms with Gasteiger partial charge in [-0.1, -0.05) is 0 Å². The summed E-state index contributed by atoms with van der Waals surface area (Å²) in [4.78, 5) is 15.9. The van der Waals surface area contributed by atoms with Crippen molar-refractivity contribution in [2.75, 3.05) is 26.2 Å². The van der Waals surface area contributed by atoms with Crippen molar-refractivity contribution in [3.05, 3.63) is 17.0 Å². The van der Waals surface area contributed by atoms with Crippen LogP contribution in [-0.4, -0.2) is 62.9 Å². The molecule has 0 aliphatic carbocycles. The Balaban J connectivity index is 1.95. The van der Waals surface area contributed by atoms with Crippen LogP contribution in [-0.2, 0) is 17.9 Å². The molecule has 0 aromatic carbocycles. The molecular weight excluding hydrogens is 268 g/mol. The van der Waals surface area contributed by atoms with E-state index in [1.165, 1.54) is 18.2 Å². The number of carbonyl (C=O) groups is 1. The maximum atomic E-state index is 11.8. The largest absolute Gasteiger partial charge is 0.384 e. The van der Waals surface area contributed by atoms with Crippen molar-refractivity contribution in [2.24, 2.45) is 0 Å². The zero-order valence-electron chi connectivity index (χ0n) is 13.5. The van der Waals surface area contributed by atoms with E-state index in [4.69, 9.17) is 0 Å². The molecule has 21 heavy (non-hydrogen) atoms. The Labute approximate surface area is 126 Å². The van der Waals surface area contributed by atoms with Gasteiger partial charge in [0.05, 0.1) is 5.69 Å². The fourth-order valence-corrected chi connectivity index (χ4v) is 2.88. The van der Waals surface area contributed by atoms with Crippen LogP contribution in [0.1, 0.15) is 30.8 Å². The summed E-state index contributed by atoms with van der Waals surface area (Å²) in [5.74, 6) is -0.166. The zero-order chi connectivity index (χ0) is 15.6. The van der Waals surface area contributed by atoms with Gasteiger partial charge in [0.1, 0.15) is 6.10 Å². The fraction of sp³-hybridized carbons (Fsp3) is 0.733. The third-order valence-corrected chi connectivity index (χ3v) is 4.25. The Morgan fingerprint density at radius 1 is 1.29 bits per heavy atom. The summed E-state index contributed by atoms with van der Waals surface area (Å²) in [6, 6.07) is 0. The molecule has 0 radical (unpaired) electrons. The molecule has 0 spiro atoms. The number of aliphatic hydroxyl groups is 1. The van der Waals surface area contributed by atoms with Crippen molar-refractivity contribution in [1.29, 1.82) is 0 Å². The minimum absolute atomic E-state index is 0.166. The molecule has 6 heteroatoms. The normalized spacial score (nSPS) is 18.0. The van der Waals surface area contributed by atoms with Gasteiger partial charge in [-0.15, -0.1) is 0 Å². The number of nitrogens with zero attached hydrogens (tertiary/aromatic N) is 4. The first-order valence-electron chi connectivity index (χ1n) is 7.66. The first kappa shape index (κ1) is 16.0. The molecule has 2 heterocycles. The number of aryl methyl sites for hydroxylation is 2. The van der Waals surface area contributed by atoms with Gasteiger partial charge in [-0.05, 0) is 27.7 Å². The maximum Gasteiger partial charge on any atom is 0.251 e. The molecule has 118 valence electrons. The Hall–Kier alpha value is -1.40. The molecule has 1 N–H and O–H groups in total. The number of hydrogen-bond acceptors (Lipinski definition) is 4. The van der Waals surface area contributed by atoms with Crippen molar-refractivity contribution in [3.63, 3.8) is 0 Å². The van der Waals surface area contributed by atoms with Crippen LogP contribution in [0.4, 0.5) is 0 Å². The van der Waals surface area contributed by atoms with Gasteiger partial charge >= 0.3 is 0 Å². The van der Waals surface area contributed by atoms with Crippen molar-refractivity contribution >= 4 is 5.91 Å². The van der Waals surface area contributed by atoms with Crippen molar-refractivity contribution in [3.8, 4) is 0 Å². The highest BCUT2D eigenvalue weighted by Crippen LogP contribution is 2.17. The number of piperazine rings is 1. The third kappa shape index (κ3) is 3.44. The second kappa shape index (κ2) is 6.58. The van der Waals surface area contributed by atoms with E-state index in [1.807, 2.05) is 4.68 Å². The Morgan fingerprint density at radius 2 is 1.90 bits per heavy atom. The van der Waals surface area contributed by atoms with Gasteiger partial charge in [-0.3, -0.25) is 14.4 Å². The number of aromatic nitrogens is 2. The van der Waals surface area contributed by atoms with Gasteiger partial charge in [0.15, 0.2) is 0 Å². The van der Waals surface area contributed by atoms with Crippen LogP contribution in [0.5, 0.6) is 0 Å². The number of aliphatic hydroxyl groups excluding tert-OH is 1. The van der Waals surface area contributed by atoms with Crippen molar-refractivity contribution < 1.29 is 9.90 Å². The lowest BCUT2D eigenvalue weighted by molar-refractivity contribution is -0.141. The minimum Gasteiger partial charge on any atom is -0.384 e. The highest BCUT2D eigenvalue weighted by Gasteiger charge is 2.24. The van der Waals surface area contributed by atoms with Crippen molar-refractivity contribution in [1.82, 2.24) is 19.6 Å². The first-order valence-corrected chi connectivity index (χ1v) is 7.66. The summed E-state index contributed by atoms with van der Waals surface area (Å²) in [6.07, 6.45) is -0.899. The van der Waals surface area contributed by atoms with Crippen LogP contribution in [0.2, 0.25) is 0 Å². The molecule has 0 saturated carbocycles. The van der Waals surface area contributed by atoms with E-state index in [-0.39, 0.29) is 5.91 Å². The third-order valence-electron chi connectivity index (χ3n) is 4.25. The summed E-state index contributed by atoms with van der Waals surface area (Å²) in [5.41, 5.74) is 3.63. The summed E-state index contributed by atoms with van der Waals surface area (Å²) in [6.45, 7) is 12.6. The average molecular weight is 294 g/mol. The smallest absolute Gasteiger partial charge is 0.251 e. The molecule has 1 aromatic rings. The van der Waals surface area contributed by atoms with E-state index < -0.39 is 6.10 Å². The Morgan fingerprint density at radius 3 is 2.38 bits per heavy atom. The number of hydrogen-bond donors (Lipinski definition) is 1. The predicted molar refractivity (Wildman–Crippen MR) is 80.9 cm³/mol. The van der Waals surface area contributed by atoms with Crippen LogP contribution >= 0.6 is 0 Å². The number of amides is 1. The zero-order valence-corrected chi connectivity index (χ0v) is 13.5. The van der Waals surface area contributed by atoms with E-state index >= 15 is 0 Å². The number of carbonyl (C=O) groups excluding carboxylic acids is 1. The lowest BCUT2D eigenvalue weighted by Crippen LogP contribution is -2.50. The van der Waals surface area contributed by atoms with Gasteiger partial charge in [-0.25, -0.2) is 0 Å². The summed E-state index contributed by atoms with van der Waals surface area (Å²) < 4.78 is 2.04. The van der Waals surface area contributed by atoms with Crippen LogP contribution in [0.3, 0.4) is 0 Å². The predicted octanol–water partition coefficient (Wildman–Crippen LogP) is 0.545. The molecule has 0 bridgehead atoms. The molecule has 1 aromatic heterocycles. The summed E-state index contributed by atoms with van der Waals surface area (Å²) in [5, 5.41) is 13.9. The van der Waals surface area contributed by atoms with Crippen LogP contribution < -0.4 is 0 Å². The highest BCUT2D eigenvalue weighted by atomic mass is 16.3. The summed E-state index contributed by atoms with van der Waals surface area (Å²) >= 11 is 0. The van der Waals surface area contributed by atoms with E-state index in [9.17, 15) is 9.90 Å². The molecule has 1 amide bonds. The lowest BCUT2D eigenvalue weighted by Gasteiger charge is -2.35. The monoisotopic (exact) mass is 294 g/mol. The number of rotatable bonds is 4. The molecule has 1 saturated heterocycles. The van der Waals surface area contributed by atoms with Gasteiger partial charge in [0.25, 0.3) is 5.91 Å². The van der Waals surface area contributed by atoms with E-state index in [2.05, 4.69) is 30.8 Å². The average Bonchev–Trinajstić information content (AvgIpc) is 2.74. The van der Waals surface area contributed by atoms with E-state index in [0.29, 0.717) is 13.1 Å². The molecule has 6 nitrogen and oxygen atoms in total. The van der Waals surface area contributed by atoms with Gasteiger partial charge in [-0.2, -0.15) is 5.10 Å². The van der Waals surface area contributed by atoms with E-state index in [1.54, 1.807) is 4.90 Å². The summed E-state index contributed by atoms with van der Waals surface area (Å²) in [7, 11) is 0. The van der Waals surface area contributed by atoms with Crippen molar-refractivity contribution in [2.45, 2.75) is 46.9 Å². The molecule has 1 fully saturated rings. The Kier molecular flexibility index (Phi) is 5.00. The first-order chi connectivity index (χ1) is 9.93. The molecule has 1 aliphatic heterocycles. The van der Waals surface area contributed by atoms with Gasteiger partial charge < -0.3 is 10.0 Å². The second-order valence-electron chi connectivity index (χ2n) is 5.74. The standard InChI is InChI=1S/C15H26N4O2/c1-5-19-12(3)14(11(2)16-19)10-17-6-8-18(9-7-17)15(21)13(4)20/h13,20H,5-10H2,1-4H3. The molecular formula is C15H26N4O2. The van der Waals surface area contributed by atoms with Gasteiger partial charge in [0, 0.05) is 50.5 Å². The maximum absolute atomic E-state index is 11.8. The molecule has 1 aliphatic rings. The molecule has 2 rings (SSSR count). The second-order valence-corrected chi connectivity index (χ2v) is 5.74. The van der Waals surface area contributed by atoms with Gasteiger partial charge in [0.2, 0.25) is 0 Å². The molecule has 1 unspecified atom stereocenters.